The molecule has 2 saturated heterocycles. The van der Waals surface area contributed by atoms with Crippen LogP contribution in [0.25, 0.3) is 0 Å². The van der Waals surface area contributed by atoms with E-state index < -0.39 is 0 Å². The lowest BCUT2D eigenvalue weighted by atomic mass is 10.3. The van der Waals surface area contributed by atoms with Crippen LogP contribution in [0.15, 0.2) is 24.7 Å². The van der Waals surface area contributed by atoms with Gasteiger partial charge in [0.25, 0.3) is 0 Å². The lowest BCUT2D eigenvalue weighted by Crippen LogP contribution is -2.48. The molecule has 3 aromatic rings. The van der Waals surface area contributed by atoms with Gasteiger partial charge in [0.1, 0.15) is 0 Å². The van der Waals surface area contributed by atoms with Crippen LogP contribution in [0.4, 0.5) is 29.5 Å². The van der Waals surface area contributed by atoms with Crippen LogP contribution in [0, 0.1) is 25.7 Å². The minimum atomic E-state index is 0.465. The summed E-state index contributed by atoms with van der Waals surface area (Å²) >= 11 is 0. The van der Waals surface area contributed by atoms with Gasteiger partial charge in [0.2, 0.25) is 24.3 Å². The number of hydrogen-bond acceptors (Lipinski definition) is 11. The fraction of sp³-hybridized carbons (Fsp3) is 0.483. The van der Waals surface area contributed by atoms with E-state index >= 15 is 0 Å². The number of carbonyl (C=O) groups is 1. The van der Waals surface area contributed by atoms with Crippen molar-refractivity contribution in [2.75, 3.05) is 59.7 Å². The van der Waals surface area contributed by atoms with Crippen LogP contribution in [0.2, 0.25) is 0 Å². The van der Waals surface area contributed by atoms with E-state index in [1.165, 1.54) is 62.8 Å². The molecule has 4 fully saturated rings. The Morgan fingerprint density at radius 1 is 0.833 bits per heavy atom. The van der Waals surface area contributed by atoms with Crippen LogP contribution < -0.4 is 20.4 Å². The molecule has 3 N–H and O–H groups in total. The molecule has 0 spiro atoms. The largest absolute Gasteiger partial charge is 0.341 e. The highest BCUT2D eigenvalue weighted by Crippen LogP contribution is 2.39. The third kappa shape index (κ3) is 8.38. The van der Waals surface area contributed by atoms with Crippen LogP contribution in [0.3, 0.4) is 0 Å². The van der Waals surface area contributed by atoms with Gasteiger partial charge in [0.05, 0.1) is 6.20 Å². The van der Waals surface area contributed by atoms with E-state index in [9.17, 15) is 4.79 Å². The first-order valence-electron chi connectivity index (χ1n) is 14.2. The molecule has 1 amide bonds. The van der Waals surface area contributed by atoms with Crippen molar-refractivity contribution in [3.63, 3.8) is 0 Å². The maximum absolute atomic E-state index is 9.80. The second kappa shape index (κ2) is 15.3. The Hall–Kier alpha value is -4.75. The highest BCUT2D eigenvalue weighted by molar-refractivity contribution is 5.67. The second-order valence-corrected chi connectivity index (χ2v) is 10.2. The van der Waals surface area contributed by atoms with Gasteiger partial charge >= 0.3 is 0 Å². The first-order valence-corrected chi connectivity index (χ1v) is 14.2. The smallest absolute Gasteiger partial charge is 0.235 e. The maximum atomic E-state index is 9.80. The van der Waals surface area contributed by atoms with E-state index in [4.69, 9.17) is 15.0 Å². The summed E-state index contributed by atoms with van der Waals surface area (Å²) in [6.07, 6.45) is 28.7. The number of anilines is 5. The number of aromatic amines is 1. The van der Waals surface area contributed by atoms with E-state index in [0.29, 0.717) is 24.1 Å². The van der Waals surface area contributed by atoms with E-state index in [-0.39, 0.29) is 0 Å². The van der Waals surface area contributed by atoms with E-state index in [1.54, 1.807) is 0 Å². The summed E-state index contributed by atoms with van der Waals surface area (Å²) in [6.45, 7) is 6.20. The summed E-state index contributed by atoms with van der Waals surface area (Å²) in [4.78, 5) is 38.8. The SMILES string of the molecule is C#C.C#C.O=CNc1cnccn1.c1c(Nc2nc(N3CCCC3)nc(N3CCN(C4CC4)CC3)n2)n[nH]c1C1CC1. The van der Waals surface area contributed by atoms with Crippen molar-refractivity contribution in [1.82, 2.24) is 40.0 Å². The molecule has 0 bridgehead atoms. The Balaban J connectivity index is 0.000000264. The number of nitrogens with zero attached hydrogens (tertiary/aromatic N) is 9. The summed E-state index contributed by atoms with van der Waals surface area (Å²) in [5.74, 6) is 4.07. The quantitative estimate of drug-likeness (QED) is 0.272. The molecule has 220 valence electrons. The number of amides is 1. The number of H-pyrrole nitrogens is 1. The molecule has 2 saturated carbocycles. The van der Waals surface area contributed by atoms with Gasteiger partial charge in [-0.3, -0.25) is 19.8 Å². The fourth-order valence-electron chi connectivity index (χ4n) is 4.89. The molecule has 0 radical (unpaired) electrons. The number of rotatable bonds is 8. The first kappa shape index (κ1) is 30.2. The summed E-state index contributed by atoms with van der Waals surface area (Å²) in [6, 6.07) is 2.92. The molecule has 7 rings (SSSR count). The third-order valence-corrected chi connectivity index (χ3v) is 7.29. The topological polar surface area (TPSA) is 144 Å². The number of hydrogen-bond donors (Lipinski definition) is 3. The number of nitrogens with one attached hydrogen (secondary N) is 3. The van der Waals surface area contributed by atoms with Crippen molar-refractivity contribution in [3.05, 3.63) is 30.4 Å². The number of piperazine rings is 1. The molecule has 13 nitrogen and oxygen atoms in total. The normalized spacial score (nSPS) is 17.8. The van der Waals surface area contributed by atoms with Crippen molar-refractivity contribution in [2.45, 2.75) is 50.5 Å². The van der Waals surface area contributed by atoms with Crippen LogP contribution in [-0.2, 0) is 4.79 Å². The Morgan fingerprint density at radius 3 is 2.07 bits per heavy atom. The minimum absolute atomic E-state index is 0.465. The maximum Gasteiger partial charge on any atom is 0.235 e. The van der Waals surface area contributed by atoms with Gasteiger partial charge in [-0.15, -0.1) is 25.7 Å². The summed E-state index contributed by atoms with van der Waals surface area (Å²) in [7, 11) is 0. The molecule has 3 aromatic heterocycles. The minimum Gasteiger partial charge on any atom is -0.341 e. The number of carbonyl (C=O) groups excluding carboxylic acids is 1. The summed E-state index contributed by atoms with van der Waals surface area (Å²) in [5.41, 5.74) is 1.21. The third-order valence-electron chi connectivity index (χ3n) is 7.29. The van der Waals surface area contributed by atoms with Crippen molar-refractivity contribution < 1.29 is 4.79 Å². The van der Waals surface area contributed by atoms with Crippen LogP contribution in [0.5, 0.6) is 0 Å². The van der Waals surface area contributed by atoms with Crippen LogP contribution >= 0.6 is 0 Å². The molecule has 0 unspecified atom stereocenters. The molecule has 4 aliphatic rings. The van der Waals surface area contributed by atoms with E-state index in [1.807, 2.05) is 0 Å². The zero-order valence-electron chi connectivity index (χ0n) is 23.8. The number of terminal acetylenes is 2. The summed E-state index contributed by atoms with van der Waals surface area (Å²) < 4.78 is 0. The molecule has 0 aromatic carbocycles. The predicted molar refractivity (Wildman–Crippen MR) is 163 cm³/mol. The predicted octanol–water partition coefficient (Wildman–Crippen LogP) is 2.64. The van der Waals surface area contributed by atoms with Gasteiger partial charge in [-0.25, -0.2) is 4.98 Å². The van der Waals surface area contributed by atoms with Crippen LogP contribution in [0.1, 0.15) is 50.1 Å². The molecule has 2 aliphatic carbocycles. The van der Waals surface area contributed by atoms with E-state index in [0.717, 1.165) is 63.0 Å². The van der Waals surface area contributed by atoms with Gasteiger partial charge in [-0.1, -0.05) is 0 Å². The Labute approximate surface area is 247 Å². The number of aromatic nitrogens is 7. The average Bonchev–Trinajstić information content (AvgIpc) is 3.98. The molecule has 42 heavy (non-hydrogen) atoms. The molecule has 13 heteroatoms. The van der Waals surface area contributed by atoms with Crippen molar-refractivity contribution in [1.29, 1.82) is 0 Å². The zero-order chi connectivity index (χ0) is 29.7. The molecule has 5 heterocycles. The van der Waals surface area contributed by atoms with Gasteiger partial charge in [-0.05, 0) is 38.5 Å². The highest BCUT2D eigenvalue weighted by Gasteiger charge is 2.32. The Morgan fingerprint density at radius 2 is 1.50 bits per heavy atom. The first-order chi connectivity index (χ1) is 20.7. The van der Waals surface area contributed by atoms with E-state index in [2.05, 4.69) is 77.3 Å². The molecule has 2 aliphatic heterocycles. The van der Waals surface area contributed by atoms with Gasteiger partial charge in [0, 0.05) is 75.4 Å². The zero-order valence-corrected chi connectivity index (χ0v) is 23.8. The lowest BCUT2D eigenvalue weighted by Gasteiger charge is -2.35. The average molecular weight is 571 g/mol. The molecule has 0 atom stereocenters. The standard InChI is InChI=1S/C20H29N9.C5H5N3O.2C2H2/c1-2-8-28(7-1)19-22-18(21-17-13-16(25-26-17)14-3-4-14)23-20(24-19)29-11-9-27(10-12-29)15-5-6-15;9-4-8-5-3-6-1-2-7-5;2*1-2/h13-15H,1-12H2,(H2,21,22,23,24,25,26);1-4H,(H,7,8,9);2*1-2H. The second-order valence-electron chi connectivity index (χ2n) is 10.2. The lowest BCUT2D eigenvalue weighted by molar-refractivity contribution is -0.105. The fourth-order valence-corrected chi connectivity index (χ4v) is 4.89. The van der Waals surface area contributed by atoms with Crippen molar-refractivity contribution in [2.24, 2.45) is 0 Å². The Kier molecular flexibility index (Phi) is 11.0. The monoisotopic (exact) mass is 570 g/mol. The van der Waals surface area contributed by atoms with Crippen molar-refractivity contribution >= 4 is 35.9 Å². The highest BCUT2D eigenvalue weighted by atomic mass is 16.1. The molecular formula is C29H38N12O. The van der Waals surface area contributed by atoms with Gasteiger partial charge < -0.3 is 20.4 Å². The molecular weight excluding hydrogens is 532 g/mol. The van der Waals surface area contributed by atoms with Crippen LogP contribution in [-0.4, -0.2) is 91.7 Å². The van der Waals surface area contributed by atoms with Gasteiger partial charge in [0.15, 0.2) is 11.6 Å². The van der Waals surface area contributed by atoms with Crippen molar-refractivity contribution in [3.8, 4) is 25.7 Å². The van der Waals surface area contributed by atoms with Gasteiger partial charge in [-0.2, -0.15) is 20.1 Å². The Bertz CT molecular complexity index is 1280. The summed E-state index contributed by atoms with van der Waals surface area (Å²) in [5, 5.41) is 13.2.